The Morgan fingerprint density at radius 3 is 2.72 bits per heavy atom. The van der Waals surface area contributed by atoms with Crippen molar-refractivity contribution in [3.63, 3.8) is 0 Å². The highest BCUT2D eigenvalue weighted by atomic mass is 79.9. The quantitative estimate of drug-likeness (QED) is 0.873. The van der Waals surface area contributed by atoms with Crippen LogP contribution in [-0.4, -0.2) is 15.7 Å². The standard InChI is InChI=1S/C11H8Br2FN3O/c1-17-10(7(13)5-15-17)11(18)16-9-3-2-6(12)4-8(9)14/h2-5H,1H3,(H,16,18). The fourth-order valence-corrected chi connectivity index (χ4v) is 2.30. The van der Waals surface area contributed by atoms with Crippen molar-refractivity contribution < 1.29 is 9.18 Å². The van der Waals surface area contributed by atoms with Crippen molar-refractivity contribution in [3.8, 4) is 0 Å². The molecule has 2 rings (SSSR count). The van der Waals surface area contributed by atoms with Gasteiger partial charge in [0.05, 0.1) is 16.4 Å². The highest BCUT2D eigenvalue weighted by Crippen LogP contribution is 2.21. The number of amides is 1. The van der Waals surface area contributed by atoms with E-state index in [2.05, 4.69) is 42.3 Å². The molecule has 94 valence electrons. The lowest BCUT2D eigenvalue weighted by Gasteiger charge is -2.07. The van der Waals surface area contributed by atoms with Crippen molar-refractivity contribution in [1.82, 2.24) is 9.78 Å². The predicted molar refractivity (Wildman–Crippen MR) is 73.0 cm³/mol. The van der Waals surface area contributed by atoms with Gasteiger partial charge in [-0.05, 0) is 34.1 Å². The van der Waals surface area contributed by atoms with E-state index in [0.29, 0.717) is 14.6 Å². The molecule has 0 saturated carbocycles. The van der Waals surface area contributed by atoms with E-state index in [-0.39, 0.29) is 5.69 Å². The summed E-state index contributed by atoms with van der Waals surface area (Å²) in [6.45, 7) is 0. The summed E-state index contributed by atoms with van der Waals surface area (Å²) >= 11 is 6.37. The largest absolute Gasteiger partial charge is 0.318 e. The van der Waals surface area contributed by atoms with Crippen LogP contribution in [0.2, 0.25) is 0 Å². The fourth-order valence-electron chi connectivity index (χ4n) is 1.44. The van der Waals surface area contributed by atoms with Gasteiger partial charge in [0.15, 0.2) is 0 Å². The Kier molecular flexibility index (Phi) is 3.82. The molecule has 0 atom stereocenters. The summed E-state index contributed by atoms with van der Waals surface area (Å²) < 4.78 is 16.2. The molecule has 0 saturated heterocycles. The van der Waals surface area contributed by atoms with E-state index in [1.165, 1.54) is 23.0 Å². The highest BCUT2D eigenvalue weighted by Gasteiger charge is 2.16. The molecule has 18 heavy (non-hydrogen) atoms. The van der Waals surface area contributed by atoms with Gasteiger partial charge in [-0.1, -0.05) is 15.9 Å². The number of halogens is 3. The Morgan fingerprint density at radius 1 is 1.44 bits per heavy atom. The van der Waals surface area contributed by atoms with E-state index in [4.69, 9.17) is 0 Å². The second-order valence-corrected chi connectivity index (χ2v) is 5.31. The summed E-state index contributed by atoms with van der Waals surface area (Å²) in [5.74, 6) is -0.931. The van der Waals surface area contributed by atoms with Crippen LogP contribution < -0.4 is 5.32 Å². The first-order chi connectivity index (χ1) is 8.49. The molecule has 0 bridgehead atoms. The molecule has 0 aliphatic carbocycles. The number of nitrogens with one attached hydrogen (secondary N) is 1. The summed E-state index contributed by atoms with van der Waals surface area (Å²) in [7, 11) is 1.64. The number of carbonyl (C=O) groups is 1. The molecule has 0 aliphatic rings. The van der Waals surface area contributed by atoms with Crippen LogP contribution in [0.3, 0.4) is 0 Å². The van der Waals surface area contributed by atoms with Gasteiger partial charge in [0.25, 0.3) is 5.91 Å². The lowest BCUT2D eigenvalue weighted by molar-refractivity contribution is 0.101. The zero-order valence-corrected chi connectivity index (χ0v) is 12.4. The lowest BCUT2D eigenvalue weighted by atomic mass is 10.3. The van der Waals surface area contributed by atoms with Crippen molar-refractivity contribution in [1.29, 1.82) is 0 Å². The van der Waals surface area contributed by atoms with Crippen LogP contribution in [0.5, 0.6) is 0 Å². The van der Waals surface area contributed by atoms with E-state index < -0.39 is 11.7 Å². The molecule has 0 unspecified atom stereocenters. The van der Waals surface area contributed by atoms with Gasteiger partial charge in [-0.2, -0.15) is 5.10 Å². The van der Waals surface area contributed by atoms with Gasteiger partial charge in [-0.3, -0.25) is 9.48 Å². The molecule has 1 aromatic heterocycles. The molecular weight excluding hydrogens is 369 g/mol. The zero-order valence-electron chi connectivity index (χ0n) is 9.25. The minimum atomic E-state index is -0.504. The third-order valence-corrected chi connectivity index (χ3v) is 3.36. The van der Waals surface area contributed by atoms with Gasteiger partial charge in [0.2, 0.25) is 0 Å². The highest BCUT2D eigenvalue weighted by molar-refractivity contribution is 9.10. The van der Waals surface area contributed by atoms with Crippen LogP contribution in [-0.2, 0) is 7.05 Å². The Labute approximate surface area is 119 Å². The molecule has 0 fully saturated rings. The van der Waals surface area contributed by atoms with Crippen molar-refractivity contribution >= 4 is 43.5 Å². The molecule has 7 heteroatoms. The molecule has 2 aromatic rings. The van der Waals surface area contributed by atoms with Crippen LogP contribution in [0.4, 0.5) is 10.1 Å². The van der Waals surface area contributed by atoms with E-state index >= 15 is 0 Å². The fraction of sp³-hybridized carbons (Fsp3) is 0.0909. The van der Waals surface area contributed by atoms with Crippen LogP contribution in [0, 0.1) is 5.82 Å². The Hall–Kier alpha value is -1.21. The number of nitrogens with zero attached hydrogens (tertiary/aromatic N) is 2. The van der Waals surface area contributed by atoms with Gasteiger partial charge in [-0.15, -0.1) is 0 Å². The summed E-state index contributed by atoms with van der Waals surface area (Å²) in [6, 6.07) is 4.42. The first kappa shape index (κ1) is 13.2. The minimum Gasteiger partial charge on any atom is -0.318 e. The van der Waals surface area contributed by atoms with Gasteiger partial charge in [0.1, 0.15) is 11.5 Å². The number of benzene rings is 1. The van der Waals surface area contributed by atoms with Crippen LogP contribution in [0.15, 0.2) is 33.3 Å². The molecule has 0 spiro atoms. The maximum absolute atomic E-state index is 13.6. The van der Waals surface area contributed by atoms with E-state index in [0.717, 1.165) is 0 Å². The predicted octanol–water partition coefficient (Wildman–Crippen LogP) is 3.34. The third kappa shape index (κ3) is 2.62. The number of anilines is 1. The van der Waals surface area contributed by atoms with Gasteiger partial charge < -0.3 is 5.32 Å². The maximum Gasteiger partial charge on any atom is 0.275 e. The number of aromatic nitrogens is 2. The normalized spacial score (nSPS) is 10.4. The summed E-state index contributed by atoms with van der Waals surface area (Å²) in [5.41, 5.74) is 0.452. The molecule has 0 radical (unpaired) electrons. The van der Waals surface area contributed by atoms with E-state index in [1.807, 2.05) is 0 Å². The van der Waals surface area contributed by atoms with Crippen molar-refractivity contribution in [2.24, 2.45) is 7.05 Å². The molecule has 0 aliphatic heterocycles. The monoisotopic (exact) mass is 375 g/mol. The zero-order chi connectivity index (χ0) is 13.3. The Bertz CT molecular complexity index is 593. The van der Waals surface area contributed by atoms with Gasteiger partial charge >= 0.3 is 0 Å². The average molecular weight is 377 g/mol. The van der Waals surface area contributed by atoms with Crippen LogP contribution in [0.25, 0.3) is 0 Å². The molecular formula is C11H8Br2FN3O. The molecule has 1 aromatic carbocycles. The third-order valence-electron chi connectivity index (χ3n) is 2.29. The molecule has 1 N–H and O–H groups in total. The Morgan fingerprint density at radius 2 is 2.17 bits per heavy atom. The van der Waals surface area contributed by atoms with Gasteiger partial charge in [-0.25, -0.2) is 4.39 Å². The minimum absolute atomic E-state index is 0.122. The number of carbonyl (C=O) groups excluding carboxylic acids is 1. The van der Waals surface area contributed by atoms with Crippen LogP contribution >= 0.6 is 31.9 Å². The first-order valence-electron chi connectivity index (χ1n) is 4.93. The summed E-state index contributed by atoms with van der Waals surface area (Å²) in [6.07, 6.45) is 1.51. The number of rotatable bonds is 2. The Balaban J connectivity index is 2.27. The maximum atomic E-state index is 13.6. The van der Waals surface area contributed by atoms with Gasteiger partial charge in [0, 0.05) is 11.5 Å². The second kappa shape index (κ2) is 5.19. The van der Waals surface area contributed by atoms with Crippen molar-refractivity contribution in [3.05, 3.63) is 44.9 Å². The first-order valence-corrected chi connectivity index (χ1v) is 6.51. The topological polar surface area (TPSA) is 46.9 Å². The van der Waals surface area contributed by atoms with E-state index in [9.17, 15) is 9.18 Å². The van der Waals surface area contributed by atoms with Crippen LogP contribution in [0.1, 0.15) is 10.5 Å². The van der Waals surface area contributed by atoms with Crippen molar-refractivity contribution in [2.75, 3.05) is 5.32 Å². The van der Waals surface area contributed by atoms with E-state index in [1.54, 1.807) is 13.1 Å². The summed E-state index contributed by atoms with van der Waals surface area (Å²) in [5, 5.41) is 6.42. The smallest absolute Gasteiger partial charge is 0.275 e. The SMILES string of the molecule is Cn1ncc(Br)c1C(=O)Nc1ccc(Br)cc1F. The second-order valence-electron chi connectivity index (χ2n) is 3.54. The number of hydrogen-bond donors (Lipinski definition) is 1. The summed E-state index contributed by atoms with van der Waals surface area (Å²) in [4.78, 5) is 12.0. The molecule has 1 heterocycles. The number of hydrogen-bond acceptors (Lipinski definition) is 2. The molecule has 4 nitrogen and oxygen atoms in total. The molecule has 1 amide bonds. The lowest BCUT2D eigenvalue weighted by Crippen LogP contribution is -2.17. The average Bonchev–Trinajstić information content (AvgIpc) is 2.62. The number of aryl methyl sites for hydroxylation is 1. The van der Waals surface area contributed by atoms with Crippen molar-refractivity contribution in [2.45, 2.75) is 0 Å².